The molecule has 21 heavy (non-hydrogen) atoms. The molecular weight excluding hydrogens is 268 g/mol. The Morgan fingerprint density at radius 1 is 0.952 bits per heavy atom. The Hall–Kier alpha value is -1.84. The normalized spacial score (nSPS) is 10.5. The number of rotatable bonds is 8. The molecule has 1 aromatic rings. The molecule has 0 saturated carbocycles. The molecule has 0 atom stereocenters. The molecule has 0 heterocycles. The van der Waals surface area contributed by atoms with Crippen molar-refractivity contribution in [3.05, 3.63) is 35.4 Å². The van der Waals surface area contributed by atoms with Crippen molar-refractivity contribution in [3.63, 3.8) is 0 Å². The minimum atomic E-state index is -0.493. The summed E-state index contributed by atoms with van der Waals surface area (Å²) in [5.41, 5.74) is 0.532. The highest BCUT2D eigenvalue weighted by Crippen LogP contribution is 2.16. The van der Waals surface area contributed by atoms with Gasteiger partial charge in [-0.25, -0.2) is 9.59 Å². The van der Waals surface area contributed by atoms with Gasteiger partial charge in [-0.15, -0.1) is 0 Å². The lowest BCUT2D eigenvalue weighted by molar-refractivity contribution is 0.0250. The second-order valence-electron chi connectivity index (χ2n) is 4.87. The molecule has 0 spiro atoms. The second-order valence-corrected chi connectivity index (χ2v) is 4.87. The number of carbonyl (C=O) groups excluding carboxylic acids is 2. The summed E-state index contributed by atoms with van der Waals surface area (Å²) in [6, 6.07) is 6.61. The van der Waals surface area contributed by atoms with Crippen molar-refractivity contribution >= 4 is 11.9 Å². The van der Waals surface area contributed by atoms with E-state index < -0.39 is 11.9 Å². The maximum absolute atomic E-state index is 12.3. The number of esters is 2. The topological polar surface area (TPSA) is 52.6 Å². The van der Waals surface area contributed by atoms with E-state index >= 15 is 0 Å². The lowest BCUT2D eigenvalue weighted by Gasteiger charge is -2.17. The molecule has 1 aromatic carbocycles. The molecule has 1 rings (SSSR count). The Bertz CT molecular complexity index is 462. The summed E-state index contributed by atoms with van der Waals surface area (Å²) in [5, 5.41) is 0. The summed E-state index contributed by atoms with van der Waals surface area (Å²) < 4.78 is 10.5. The van der Waals surface area contributed by atoms with Crippen LogP contribution in [0.4, 0.5) is 0 Å². The minimum Gasteiger partial charge on any atom is -0.462 e. The molecule has 4 heteroatoms. The zero-order valence-corrected chi connectivity index (χ0v) is 13.1. The number of carbonyl (C=O) groups is 2. The van der Waals surface area contributed by atoms with Crippen LogP contribution in [0.5, 0.6) is 0 Å². The fourth-order valence-corrected chi connectivity index (χ4v) is 2.17. The van der Waals surface area contributed by atoms with Gasteiger partial charge < -0.3 is 9.47 Å². The third-order valence-corrected chi connectivity index (χ3v) is 3.14. The first-order chi connectivity index (χ1) is 10.1. The second kappa shape index (κ2) is 9.16. The zero-order chi connectivity index (χ0) is 15.7. The quantitative estimate of drug-likeness (QED) is 0.680. The predicted octanol–water partition coefficient (Wildman–Crippen LogP) is 3.99. The maximum atomic E-state index is 12.3. The van der Waals surface area contributed by atoms with Crippen LogP contribution in [0.25, 0.3) is 0 Å². The van der Waals surface area contributed by atoms with Gasteiger partial charge in [0.15, 0.2) is 0 Å². The number of hydrogen-bond donors (Lipinski definition) is 0. The van der Waals surface area contributed by atoms with Crippen molar-refractivity contribution in [2.75, 3.05) is 6.61 Å². The lowest BCUT2D eigenvalue weighted by Crippen LogP contribution is -2.20. The predicted molar refractivity (Wildman–Crippen MR) is 81.4 cm³/mol. The van der Waals surface area contributed by atoms with Crippen LogP contribution in [0.3, 0.4) is 0 Å². The van der Waals surface area contributed by atoms with Gasteiger partial charge in [0.1, 0.15) is 6.10 Å². The van der Waals surface area contributed by atoms with Crippen molar-refractivity contribution in [2.45, 2.75) is 52.6 Å². The molecular formula is C17H24O4. The molecule has 116 valence electrons. The van der Waals surface area contributed by atoms with Gasteiger partial charge in [-0.3, -0.25) is 0 Å². The van der Waals surface area contributed by atoms with Crippen LogP contribution in [-0.4, -0.2) is 24.6 Å². The van der Waals surface area contributed by atoms with E-state index in [9.17, 15) is 9.59 Å². The summed E-state index contributed by atoms with van der Waals surface area (Å²) >= 11 is 0. The van der Waals surface area contributed by atoms with Gasteiger partial charge >= 0.3 is 11.9 Å². The fraction of sp³-hybridized carbons (Fsp3) is 0.529. The molecule has 0 N–H and O–H groups in total. The van der Waals surface area contributed by atoms with Gasteiger partial charge in [0.2, 0.25) is 0 Å². The Balaban J connectivity index is 2.88. The molecule has 0 bridgehead atoms. The van der Waals surface area contributed by atoms with E-state index in [0.29, 0.717) is 0 Å². The van der Waals surface area contributed by atoms with E-state index in [2.05, 4.69) is 13.8 Å². The van der Waals surface area contributed by atoms with Crippen molar-refractivity contribution in [1.82, 2.24) is 0 Å². The highest BCUT2D eigenvalue weighted by molar-refractivity contribution is 6.03. The smallest absolute Gasteiger partial charge is 0.339 e. The largest absolute Gasteiger partial charge is 0.462 e. The molecule has 0 unspecified atom stereocenters. The third-order valence-electron chi connectivity index (χ3n) is 3.14. The first-order valence-corrected chi connectivity index (χ1v) is 7.61. The minimum absolute atomic E-state index is 0.0947. The molecule has 0 aliphatic rings. The van der Waals surface area contributed by atoms with Crippen LogP contribution in [0, 0.1) is 0 Å². The Morgan fingerprint density at radius 2 is 1.48 bits per heavy atom. The zero-order valence-electron chi connectivity index (χ0n) is 13.1. The van der Waals surface area contributed by atoms with Gasteiger partial charge in [-0.2, -0.15) is 0 Å². The molecule has 0 aliphatic carbocycles. The van der Waals surface area contributed by atoms with E-state index in [-0.39, 0.29) is 23.8 Å². The lowest BCUT2D eigenvalue weighted by atomic mass is 10.1. The van der Waals surface area contributed by atoms with Gasteiger partial charge in [0.05, 0.1) is 17.7 Å². The number of benzene rings is 1. The van der Waals surface area contributed by atoms with Crippen molar-refractivity contribution in [1.29, 1.82) is 0 Å². The molecule has 0 saturated heterocycles. The molecule has 4 nitrogen and oxygen atoms in total. The van der Waals surface area contributed by atoms with Crippen molar-refractivity contribution in [2.24, 2.45) is 0 Å². The first-order valence-electron chi connectivity index (χ1n) is 7.61. The number of ether oxygens (including phenoxy) is 2. The van der Waals surface area contributed by atoms with Gasteiger partial charge in [0.25, 0.3) is 0 Å². The average molecular weight is 292 g/mol. The molecule has 0 aromatic heterocycles. The van der Waals surface area contributed by atoms with Crippen LogP contribution in [0.1, 0.15) is 67.2 Å². The van der Waals surface area contributed by atoms with Gasteiger partial charge in [0, 0.05) is 0 Å². The van der Waals surface area contributed by atoms with Crippen LogP contribution in [-0.2, 0) is 9.47 Å². The summed E-state index contributed by atoms with van der Waals surface area (Å²) in [5.74, 6) is -0.946. The average Bonchev–Trinajstić information content (AvgIpc) is 2.48. The van der Waals surface area contributed by atoms with Crippen LogP contribution >= 0.6 is 0 Å². The molecule has 0 aliphatic heterocycles. The van der Waals surface area contributed by atoms with Crippen LogP contribution < -0.4 is 0 Å². The molecule has 0 radical (unpaired) electrons. The highest BCUT2D eigenvalue weighted by atomic mass is 16.5. The fourth-order valence-electron chi connectivity index (χ4n) is 2.17. The van der Waals surface area contributed by atoms with E-state index in [0.717, 1.165) is 25.7 Å². The van der Waals surface area contributed by atoms with Crippen LogP contribution in [0.2, 0.25) is 0 Å². The van der Waals surface area contributed by atoms with Crippen molar-refractivity contribution < 1.29 is 19.1 Å². The maximum Gasteiger partial charge on any atom is 0.339 e. The van der Waals surface area contributed by atoms with E-state index in [1.807, 2.05) is 0 Å². The summed E-state index contributed by atoms with van der Waals surface area (Å²) in [6.45, 7) is 6.12. The third kappa shape index (κ3) is 5.21. The van der Waals surface area contributed by atoms with Crippen molar-refractivity contribution in [3.8, 4) is 0 Å². The standard InChI is InChI=1S/C17H24O4/c1-4-9-13(10-5-2)21-17(19)15-12-8-7-11-14(15)16(18)20-6-3/h7-8,11-13H,4-6,9-10H2,1-3H3. The van der Waals surface area contributed by atoms with Gasteiger partial charge in [-0.1, -0.05) is 38.8 Å². The highest BCUT2D eigenvalue weighted by Gasteiger charge is 2.21. The van der Waals surface area contributed by atoms with Gasteiger partial charge in [-0.05, 0) is 31.9 Å². The van der Waals surface area contributed by atoms with E-state index in [1.165, 1.54) is 0 Å². The Kier molecular flexibility index (Phi) is 7.51. The summed E-state index contributed by atoms with van der Waals surface area (Å²) in [7, 11) is 0. The summed E-state index contributed by atoms with van der Waals surface area (Å²) in [4.78, 5) is 24.2. The Morgan fingerprint density at radius 3 is 1.95 bits per heavy atom. The molecule has 0 amide bonds. The van der Waals surface area contributed by atoms with E-state index in [1.54, 1.807) is 31.2 Å². The monoisotopic (exact) mass is 292 g/mol. The number of hydrogen-bond acceptors (Lipinski definition) is 4. The first kappa shape index (κ1) is 17.2. The van der Waals surface area contributed by atoms with E-state index in [4.69, 9.17) is 9.47 Å². The Labute approximate surface area is 126 Å². The SMILES string of the molecule is CCCC(CCC)OC(=O)c1ccccc1C(=O)OCC. The summed E-state index contributed by atoms with van der Waals surface area (Å²) in [6.07, 6.45) is 3.49. The van der Waals surface area contributed by atoms with Crippen LogP contribution in [0.15, 0.2) is 24.3 Å². The molecule has 0 fully saturated rings.